The van der Waals surface area contributed by atoms with Gasteiger partial charge in [0, 0.05) is 61.6 Å². The van der Waals surface area contributed by atoms with Crippen molar-refractivity contribution in [2.24, 2.45) is 0 Å². The Morgan fingerprint density at radius 2 is 1.13 bits per heavy atom. The topological polar surface area (TPSA) is 62.4 Å². The second-order valence-corrected chi connectivity index (χ2v) is 12.8. The fourth-order valence-corrected chi connectivity index (χ4v) is 6.79. The first kappa shape index (κ1) is 32.5. The monoisotopic (exact) mass is 702 g/mol. The molecule has 11 heteroatoms. The number of benzene rings is 4. The maximum absolute atomic E-state index is 13.6. The van der Waals surface area contributed by atoms with Gasteiger partial charge in [0.2, 0.25) is 0 Å². The largest absolute Gasteiger partial charge is 0.369 e. The lowest BCUT2D eigenvalue weighted by Crippen LogP contribution is -2.47. The van der Waals surface area contributed by atoms with Gasteiger partial charge < -0.3 is 20.0 Å². The average molecular weight is 704 g/mol. The Balaban J connectivity index is 0.000000168. The number of hydrogen-bond donors (Lipinski definition) is 1. The minimum absolute atomic E-state index is 0.0563. The highest BCUT2D eigenvalue weighted by Crippen LogP contribution is 2.37. The molecule has 0 aliphatic carbocycles. The number of amides is 4. The quantitative estimate of drug-likeness (QED) is 0.244. The van der Waals surface area contributed by atoms with E-state index >= 15 is 0 Å². The lowest BCUT2D eigenvalue weighted by atomic mass is 10.0. The van der Waals surface area contributed by atoms with Crippen molar-refractivity contribution in [1.82, 2.24) is 15.1 Å². The standard InChI is InChI=1S/C20H23FN4O.C16H14BrFN2O/c1-23-14-17-18(24-10-8-22-9-11-24)6-3-7-19(17)25(20(23)26)13-15-4-2-5-16(21)12-15;1-19-10-13-14(17)6-3-7-15(13)20(16(19)21)9-11-4-2-5-12(18)8-11/h2-7,12,22H,8-11,13-14H2,1H3;2-8H,9-10H2,1H3. The summed E-state index contributed by atoms with van der Waals surface area (Å²) in [6.07, 6.45) is 0. The predicted octanol–water partition coefficient (Wildman–Crippen LogP) is 6.97. The van der Waals surface area contributed by atoms with Crippen LogP contribution in [0.2, 0.25) is 0 Å². The lowest BCUT2D eigenvalue weighted by Gasteiger charge is -2.39. The van der Waals surface area contributed by atoms with E-state index in [0.717, 1.165) is 64.3 Å². The first-order valence-electron chi connectivity index (χ1n) is 15.6. The van der Waals surface area contributed by atoms with Crippen molar-refractivity contribution in [1.29, 1.82) is 0 Å². The maximum atomic E-state index is 13.6. The molecular formula is C36H37BrF2N6O2. The van der Waals surface area contributed by atoms with Gasteiger partial charge in [-0.2, -0.15) is 0 Å². The summed E-state index contributed by atoms with van der Waals surface area (Å²) in [4.78, 5) is 34.4. The number of carbonyl (C=O) groups is 2. The van der Waals surface area contributed by atoms with Crippen molar-refractivity contribution in [3.8, 4) is 0 Å². The Kier molecular flexibility index (Phi) is 9.74. The van der Waals surface area contributed by atoms with Crippen LogP contribution in [0.3, 0.4) is 0 Å². The van der Waals surface area contributed by atoms with E-state index in [1.54, 1.807) is 38.8 Å². The number of carbonyl (C=O) groups excluding carboxylic acids is 2. The Hall–Kier alpha value is -4.48. The molecule has 1 saturated heterocycles. The fraction of sp³-hybridized carbons (Fsp3) is 0.278. The van der Waals surface area contributed by atoms with Gasteiger partial charge in [0.1, 0.15) is 11.6 Å². The normalized spacial score (nSPS) is 16.1. The van der Waals surface area contributed by atoms with Crippen molar-refractivity contribution >= 4 is 45.1 Å². The summed E-state index contributed by atoms with van der Waals surface area (Å²) in [7, 11) is 3.58. The summed E-state index contributed by atoms with van der Waals surface area (Å²) in [5, 5.41) is 3.37. The van der Waals surface area contributed by atoms with Crippen LogP contribution in [0.1, 0.15) is 22.3 Å². The van der Waals surface area contributed by atoms with Gasteiger partial charge in [0.05, 0.1) is 37.6 Å². The van der Waals surface area contributed by atoms with Crippen molar-refractivity contribution < 1.29 is 18.4 Å². The summed E-state index contributed by atoms with van der Waals surface area (Å²) in [6.45, 7) is 5.71. The molecule has 0 saturated carbocycles. The van der Waals surface area contributed by atoms with Gasteiger partial charge in [-0.1, -0.05) is 52.3 Å². The molecule has 0 radical (unpaired) electrons. The van der Waals surface area contributed by atoms with Crippen molar-refractivity contribution in [2.45, 2.75) is 26.2 Å². The van der Waals surface area contributed by atoms with Gasteiger partial charge in [0.15, 0.2) is 0 Å². The molecule has 8 nitrogen and oxygen atoms in total. The van der Waals surface area contributed by atoms with Crippen molar-refractivity contribution in [2.75, 3.05) is 55.0 Å². The first-order valence-corrected chi connectivity index (χ1v) is 16.4. The van der Waals surface area contributed by atoms with Crippen LogP contribution in [0.25, 0.3) is 0 Å². The highest BCUT2D eigenvalue weighted by atomic mass is 79.9. The molecule has 0 unspecified atom stereocenters. The summed E-state index contributed by atoms with van der Waals surface area (Å²) < 4.78 is 27.9. The Labute approximate surface area is 282 Å². The van der Waals surface area contributed by atoms with E-state index in [4.69, 9.17) is 0 Å². The molecule has 3 aliphatic rings. The van der Waals surface area contributed by atoms with Crippen LogP contribution in [0, 0.1) is 11.6 Å². The van der Waals surface area contributed by atoms with Crippen LogP contribution in [-0.4, -0.2) is 62.1 Å². The summed E-state index contributed by atoms with van der Waals surface area (Å²) in [5.41, 5.74) is 6.76. The molecule has 7 rings (SSSR count). The SMILES string of the molecule is CN1Cc2c(Br)cccc2N(Cc2cccc(F)c2)C1=O.CN1Cc2c(N3CCNCC3)cccc2N(Cc2cccc(F)c2)C1=O. The summed E-state index contributed by atoms with van der Waals surface area (Å²) in [5.74, 6) is -0.574. The minimum Gasteiger partial charge on any atom is -0.369 e. The molecule has 3 heterocycles. The van der Waals surface area contributed by atoms with Crippen LogP contribution in [0.4, 0.5) is 35.4 Å². The molecule has 4 amide bonds. The van der Waals surface area contributed by atoms with Crippen LogP contribution in [0.5, 0.6) is 0 Å². The van der Waals surface area contributed by atoms with Crippen LogP contribution in [0.15, 0.2) is 89.4 Å². The number of fused-ring (bicyclic) bond motifs is 2. The van der Waals surface area contributed by atoms with E-state index in [1.807, 2.05) is 49.5 Å². The van der Waals surface area contributed by atoms with Gasteiger partial charge in [-0.25, -0.2) is 18.4 Å². The van der Waals surface area contributed by atoms with E-state index in [9.17, 15) is 18.4 Å². The lowest BCUT2D eigenvalue weighted by molar-refractivity contribution is 0.209. The van der Waals surface area contributed by atoms with Crippen LogP contribution < -0.4 is 20.0 Å². The third kappa shape index (κ3) is 7.11. The molecule has 244 valence electrons. The molecule has 1 N–H and O–H groups in total. The molecule has 4 aromatic rings. The van der Waals surface area contributed by atoms with Gasteiger partial charge in [-0.05, 0) is 59.7 Å². The highest BCUT2D eigenvalue weighted by Gasteiger charge is 2.32. The zero-order valence-electron chi connectivity index (χ0n) is 26.4. The van der Waals surface area contributed by atoms with Gasteiger partial charge >= 0.3 is 12.1 Å². The van der Waals surface area contributed by atoms with E-state index < -0.39 is 0 Å². The molecule has 4 aromatic carbocycles. The molecule has 3 aliphatic heterocycles. The van der Waals surface area contributed by atoms with E-state index in [-0.39, 0.29) is 23.7 Å². The Morgan fingerprint density at radius 1 is 0.660 bits per heavy atom. The van der Waals surface area contributed by atoms with Crippen LogP contribution >= 0.6 is 15.9 Å². The van der Waals surface area contributed by atoms with Gasteiger partial charge in [-0.3, -0.25) is 9.80 Å². The number of nitrogens with zero attached hydrogens (tertiary/aromatic N) is 5. The number of urea groups is 2. The number of rotatable bonds is 5. The van der Waals surface area contributed by atoms with Crippen molar-refractivity contribution in [3.05, 3.63) is 123 Å². The molecule has 47 heavy (non-hydrogen) atoms. The van der Waals surface area contributed by atoms with Gasteiger partial charge in [0.25, 0.3) is 0 Å². The average Bonchev–Trinajstić information content (AvgIpc) is 3.06. The molecule has 0 atom stereocenters. The third-order valence-corrected chi connectivity index (χ3v) is 9.37. The number of nitrogens with one attached hydrogen (secondary N) is 1. The fourth-order valence-electron chi connectivity index (χ4n) is 6.31. The molecular weight excluding hydrogens is 666 g/mol. The molecule has 0 aromatic heterocycles. The second kappa shape index (κ2) is 14.1. The zero-order valence-corrected chi connectivity index (χ0v) is 28.0. The Morgan fingerprint density at radius 3 is 1.68 bits per heavy atom. The maximum Gasteiger partial charge on any atom is 0.324 e. The predicted molar refractivity (Wildman–Crippen MR) is 185 cm³/mol. The van der Waals surface area contributed by atoms with E-state index in [2.05, 4.69) is 32.2 Å². The highest BCUT2D eigenvalue weighted by molar-refractivity contribution is 9.10. The number of halogens is 3. The number of hydrogen-bond acceptors (Lipinski definition) is 4. The van der Waals surface area contributed by atoms with E-state index in [1.165, 1.54) is 30.0 Å². The van der Waals surface area contributed by atoms with Crippen molar-refractivity contribution in [3.63, 3.8) is 0 Å². The third-order valence-electron chi connectivity index (χ3n) is 8.62. The minimum atomic E-state index is -0.292. The number of anilines is 3. The summed E-state index contributed by atoms with van der Waals surface area (Å²) >= 11 is 3.53. The number of piperazine rings is 1. The molecule has 0 bridgehead atoms. The second-order valence-electron chi connectivity index (χ2n) is 12.0. The van der Waals surface area contributed by atoms with Gasteiger partial charge in [-0.15, -0.1) is 0 Å². The zero-order chi connectivity index (χ0) is 33.1. The van der Waals surface area contributed by atoms with Crippen LogP contribution in [-0.2, 0) is 26.2 Å². The molecule has 0 spiro atoms. The smallest absolute Gasteiger partial charge is 0.324 e. The molecule has 1 fully saturated rings. The first-order chi connectivity index (χ1) is 22.7. The Bertz CT molecular complexity index is 1780. The van der Waals surface area contributed by atoms with E-state index in [0.29, 0.717) is 26.2 Å². The summed E-state index contributed by atoms with van der Waals surface area (Å²) in [6, 6.07) is 24.6.